The molecule has 0 fully saturated rings. The summed E-state index contributed by atoms with van der Waals surface area (Å²) in [5.41, 5.74) is 6.58. The van der Waals surface area contributed by atoms with E-state index in [2.05, 4.69) is 26.1 Å². The standard InChI is InChI=1S/C13H16BrN3O3/c1-3-11-16-12(20-17-11)7-19-13-9(14)4-8(6-15)5-10(13)18-2/h4-5H,3,6-7,15H2,1-2H3. The van der Waals surface area contributed by atoms with Crippen LogP contribution in [0.1, 0.15) is 24.2 Å². The normalized spacial score (nSPS) is 10.6. The van der Waals surface area contributed by atoms with Gasteiger partial charge in [-0.05, 0) is 33.6 Å². The zero-order chi connectivity index (χ0) is 14.5. The van der Waals surface area contributed by atoms with E-state index in [1.165, 1.54) is 0 Å². The van der Waals surface area contributed by atoms with Crippen molar-refractivity contribution < 1.29 is 14.0 Å². The number of methoxy groups -OCH3 is 1. The fourth-order valence-electron chi connectivity index (χ4n) is 1.66. The van der Waals surface area contributed by atoms with Crippen LogP contribution in [-0.4, -0.2) is 17.3 Å². The van der Waals surface area contributed by atoms with Crippen molar-refractivity contribution in [2.45, 2.75) is 26.5 Å². The predicted molar refractivity (Wildman–Crippen MR) is 76.6 cm³/mol. The molecule has 20 heavy (non-hydrogen) atoms. The first-order chi connectivity index (χ1) is 9.67. The van der Waals surface area contributed by atoms with Crippen LogP contribution in [0.5, 0.6) is 11.5 Å². The molecular weight excluding hydrogens is 326 g/mol. The first-order valence-corrected chi connectivity index (χ1v) is 6.98. The molecule has 0 unspecified atom stereocenters. The van der Waals surface area contributed by atoms with Crippen LogP contribution in [0, 0.1) is 0 Å². The van der Waals surface area contributed by atoms with Gasteiger partial charge in [0, 0.05) is 13.0 Å². The first kappa shape index (κ1) is 14.8. The molecule has 0 radical (unpaired) electrons. The number of ether oxygens (including phenoxy) is 2. The molecule has 108 valence electrons. The molecule has 0 saturated heterocycles. The van der Waals surface area contributed by atoms with Crippen LogP contribution < -0.4 is 15.2 Å². The molecule has 1 heterocycles. The van der Waals surface area contributed by atoms with Gasteiger partial charge in [-0.25, -0.2) is 0 Å². The molecule has 1 aromatic carbocycles. The minimum Gasteiger partial charge on any atom is -0.493 e. The number of hydrogen-bond acceptors (Lipinski definition) is 6. The summed E-state index contributed by atoms with van der Waals surface area (Å²) in [5, 5.41) is 3.81. The zero-order valence-electron chi connectivity index (χ0n) is 11.4. The number of aryl methyl sites for hydroxylation is 1. The van der Waals surface area contributed by atoms with Crippen molar-refractivity contribution in [2.24, 2.45) is 5.73 Å². The molecule has 7 heteroatoms. The number of benzene rings is 1. The van der Waals surface area contributed by atoms with E-state index in [9.17, 15) is 0 Å². The van der Waals surface area contributed by atoms with Crippen LogP contribution in [0.3, 0.4) is 0 Å². The molecule has 0 bridgehead atoms. The minimum atomic E-state index is 0.184. The predicted octanol–water partition coefficient (Wildman–Crippen LogP) is 2.44. The highest BCUT2D eigenvalue weighted by atomic mass is 79.9. The van der Waals surface area contributed by atoms with Gasteiger partial charge in [0.2, 0.25) is 0 Å². The van der Waals surface area contributed by atoms with E-state index in [0.29, 0.717) is 29.8 Å². The molecule has 0 atom stereocenters. The van der Waals surface area contributed by atoms with Crippen molar-refractivity contribution in [2.75, 3.05) is 7.11 Å². The van der Waals surface area contributed by atoms with Crippen LogP contribution in [0.4, 0.5) is 0 Å². The third-order valence-electron chi connectivity index (χ3n) is 2.69. The molecular formula is C13H16BrN3O3. The van der Waals surface area contributed by atoms with Crippen LogP contribution in [0.15, 0.2) is 21.1 Å². The summed E-state index contributed by atoms with van der Waals surface area (Å²) >= 11 is 3.44. The highest BCUT2D eigenvalue weighted by molar-refractivity contribution is 9.10. The van der Waals surface area contributed by atoms with Crippen molar-refractivity contribution >= 4 is 15.9 Å². The van der Waals surface area contributed by atoms with E-state index in [1.54, 1.807) is 7.11 Å². The Kier molecular flexibility index (Phi) is 4.97. The molecule has 0 aliphatic rings. The maximum absolute atomic E-state index is 5.69. The number of nitrogens with zero attached hydrogens (tertiary/aromatic N) is 2. The van der Waals surface area contributed by atoms with Crippen molar-refractivity contribution in [1.82, 2.24) is 10.1 Å². The topological polar surface area (TPSA) is 83.4 Å². The van der Waals surface area contributed by atoms with E-state index in [1.807, 2.05) is 19.1 Å². The van der Waals surface area contributed by atoms with Gasteiger partial charge < -0.3 is 19.7 Å². The van der Waals surface area contributed by atoms with E-state index in [0.717, 1.165) is 16.5 Å². The highest BCUT2D eigenvalue weighted by Crippen LogP contribution is 2.37. The molecule has 2 aromatic rings. The van der Waals surface area contributed by atoms with E-state index >= 15 is 0 Å². The molecule has 2 rings (SSSR count). The molecule has 2 N–H and O–H groups in total. The summed E-state index contributed by atoms with van der Waals surface area (Å²) < 4.78 is 16.8. The maximum atomic E-state index is 5.69. The summed E-state index contributed by atoms with van der Waals surface area (Å²) in [7, 11) is 1.58. The molecule has 0 amide bonds. The molecule has 0 aliphatic carbocycles. The quantitative estimate of drug-likeness (QED) is 0.868. The van der Waals surface area contributed by atoms with E-state index < -0.39 is 0 Å². The van der Waals surface area contributed by atoms with Gasteiger partial charge in [0.1, 0.15) is 0 Å². The summed E-state index contributed by atoms with van der Waals surface area (Å²) in [6.45, 7) is 2.57. The van der Waals surface area contributed by atoms with Gasteiger partial charge in [0.15, 0.2) is 23.9 Å². The van der Waals surface area contributed by atoms with Gasteiger partial charge in [-0.2, -0.15) is 4.98 Å². The number of hydrogen-bond donors (Lipinski definition) is 1. The van der Waals surface area contributed by atoms with Crippen LogP contribution in [-0.2, 0) is 19.6 Å². The van der Waals surface area contributed by atoms with Crippen molar-refractivity contribution in [1.29, 1.82) is 0 Å². The lowest BCUT2D eigenvalue weighted by molar-refractivity contribution is 0.231. The number of halogens is 1. The fraction of sp³-hybridized carbons (Fsp3) is 0.385. The Hall–Kier alpha value is -1.60. The van der Waals surface area contributed by atoms with Gasteiger partial charge in [-0.1, -0.05) is 12.1 Å². The number of rotatable bonds is 6. The minimum absolute atomic E-state index is 0.184. The largest absolute Gasteiger partial charge is 0.493 e. The average molecular weight is 342 g/mol. The van der Waals surface area contributed by atoms with Crippen molar-refractivity contribution in [3.8, 4) is 11.5 Å². The molecule has 1 aromatic heterocycles. The third kappa shape index (κ3) is 3.29. The Morgan fingerprint density at radius 1 is 1.40 bits per heavy atom. The lowest BCUT2D eigenvalue weighted by Crippen LogP contribution is -2.02. The van der Waals surface area contributed by atoms with Gasteiger partial charge >= 0.3 is 0 Å². The van der Waals surface area contributed by atoms with Gasteiger partial charge in [-0.15, -0.1) is 0 Å². The second-order valence-corrected chi connectivity index (χ2v) is 4.91. The summed E-state index contributed by atoms with van der Waals surface area (Å²) in [4.78, 5) is 4.18. The number of aromatic nitrogens is 2. The van der Waals surface area contributed by atoms with Gasteiger partial charge in [0.25, 0.3) is 5.89 Å². The average Bonchev–Trinajstić information content (AvgIpc) is 2.93. The van der Waals surface area contributed by atoms with Crippen molar-refractivity contribution in [3.63, 3.8) is 0 Å². The highest BCUT2D eigenvalue weighted by Gasteiger charge is 2.13. The summed E-state index contributed by atoms with van der Waals surface area (Å²) in [5.74, 6) is 2.28. The molecule has 0 aliphatic heterocycles. The lowest BCUT2D eigenvalue weighted by atomic mass is 10.2. The fourth-order valence-corrected chi connectivity index (χ4v) is 2.26. The third-order valence-corrected chi connectivity index (χ3v) is 3.28. The van der Waals surface area contributed by atoms with Gasteiger partial charge in [0.05, 0.1) is 11.6 Å². The SMILES string of the molecule is CCc1noc(COc2c(Br)cc(CN)cc2OC)n1. The second-order valence-electron chi connectivity index (χ2n) is 4.06. The van der Waals surface area contributed by atoms with E-state index in [-0.39, 0.29) is 6.61 Å². The summed E-state index contributed by atoms with van der Waals surface area (Å²) in [6.07, 6.45) is 0.724. The molecule has 6 nitrogen and oxygen atoms in total. The van der Waals surface area contributed by atoms with E-state index in [4.69, 9.17) is 19.7 Å². The smallest absolute Gasteiger partial charge is 0.264 e. The second kappa shape index (κ2) is 6.71. The Morgan fingerprint density at radius 2 is 2.20 bits per heavy atom. The summed E-state index contributed by atoms with van der Waals surface area (Å²) in [6, 6.07) is 3.73. The maximum Gasteiger partial charge on any atom is 0.264 e. The number of nitrogens with two attached hydrogens (primary N) is 1. The monoisotopic (exact) mass is 341 g/mol. The van der Waals surface area contributed by atoms with Gasteiger partial charge in [-0.3, -0.25) is 0 Å². The van der Waals surface area contributed by atoms with Crippen LogP contribution >= 0.6 is 15.9 Å². The molecule has 0 spiro atoms. The Bertz CT molecular complexity index is 586. The lowest BCUT2D eigenvalue weighted by Gasteiger charge is -2.12. The van der Waals surface area contributed by atoms with Crippen molar-refractivity contribution in [3.05, 3.63) is 33.9 Å². The van der Waals surface area contributed by atoms with Crippen LogP contribution in [0.2, 0.25) is 0 Å². The Morgan fingerprint density at radius 3 is 2.80 bits per heavy atom. The Labute approximate surface area is 125 Å². The molecule has 0 saturated carbocycles. The zero-order valence-corrected chi connectivity index (χ0v) is 12.9. The first-order valence-electron chi connectivity index (χ1n) is 6.18. The Balaban J connectivity index is 2.16. The van der Waals surface area contributed by atoms with Crippen LogP contribution in [0.25, 0.3) is 0 Å².